The van der Waals surface area contributed by atoms with Gasteiger partial charge in [0.2, 0.25) is 0 Å². The van der Waals surface area contributed by atoms with Crippen LogP contribution in [0.5, 0.6) is 0 Å². The SMILES string of the molecule is COC(C)CNc1cc(Br)ccc1C#N. The minimum Gasteiger partial charge on any atom is -0.381 e. The molecule has 15 heavy (non-hydrogen) atoms. The molecule has 0 fully saturated rings. The average molecular weight is 269 g/mol. The van der Waals surface area contributed by atoms with Crippen molar-refractivity contribution in [3.05, 3.63) is 28.2 Å². The average Bonchev–Trinajstić information content (AvgIpc) is 2.26. The first-order chi connectivity index (χ1) is 7.17. The van der Waals surface area contributed by atoms with E-state index in [-0.39, 0.29) is 6.10 Å². The third-order valence-electron chi connectivity index (χ3n) is 2.08. The summed E-state index contributed by atoms with van der Waals surface area (Å²) in [6, 6.07) is 7.66. The zero-order valence-electron chi connectivity index (χ0n) is 8.75. The van der Waals surface area contributed by atoms with E-state index in [4.69, 9.17) is 10.00 Å². The Kier molecular flexibility index (Phi) is 4.60. The largest absolute Gasteiger partial charge is 0.381 e. The van der Waals surface area contributed by atoms with Crippen molar-refractivity contribution in [1.29, 1.82) is 5.26 Å². The van der Waals surface area contributed by atoms with Crippen LogP contribution < -0.4 is 5.32 Å². The van der Waals surface area contributed by atoms with Crippen molar-refractivity contribution >= 4 is 21.6 Å². The van der Waals surface area contributed by atoms with Gasteiger partial charge in [-0.05, 0) is 25.1 Å². The second-order valence-corrected chi connectivity index (χ2v) is 4.14. The number of hydrogen-bond donors (Lipinski definition) is 1. The molecule has 3 nitrogen and oxygen atoms in total. The van der Waals surface area contributed by atoms with Crippen LogP contribution in [0.2, 0.25) is 0 Å². The predicted octanol–water partition coefficient (Wildman–Crippen LogP) is 2.77. The zero-order chi connectivity index (χ0) is 11.3. The first kappa shape index (κ1) is 12.0. The summed E-state index contributed by atoms with van der Waals surface area (Å²) >= 11 is 3.37. The number of rotatable bonds is 4. The number of nitrogens with zero attached hydrogens (tertiary/aromatic N) is 1. The van der Waals surface area contributed by atoms with Crippen LogP contribution in [-0.2, 0) is 4.74 Å². The maximum absolute atomic E-state index is 8.90. The van der Waals surface area contributed by atoms with Crippen LogP contribution in [0.4, 0.5) is 5.69 Å². The molecule has 0 amide bonds. The lowest BCUT2D eigenvalue weighted by atomic mass is 10.2. The lowest BCUT2D eigenvalue weighted by Crippen LogP contribution is -2.18. The first-order valence-electron chi connectivity index (χ1n) is 4.63. The number of nitrogens with one attached hydrogen (secondary N) is 1. The second-order valence-electron chi connectivity index (χ2n) is 3.23. The van der Waals surface area contributed by atoms with E-state index in [0.29, 0.717) is 12.1 Å². The topological polar surface area (TPSA) is 45.0 Å². The quantitative estimate of drug-likeness (QED) is 0.914. The molecule has 1 unspecified atom stereocenters. The van der Waals surface area contributed by atoms with Crippen LogP contribution in [0, 0.1) is 11.3 Å². The lowest BCUT2D eigenvalue weighted by molar-refractivity contribution is 0.129. The molecule has 0 bridgehead atoms. The Bertz CT molecular complexity index is 373. The Balaban J connectivity index is 2.75. The monoisotopic (exact) mass is 268 g/mol. The predicted molar refractivity (Wildman–Crippen MR) is 63.8 cm³/mol. The van der Waals surface area contributed by atoms with Crippen LogP contribution in [0.25, 0.3) is 0 Å². The standard InChI is InChI=1S/C11H13BrN2O/c1-8(15-2)7-14-11-5-10(12)4-3-9(11)6-13/h3-5,8,14H,7H2,1-2H3. The van der Waals surface area contributed by atoms with Crippen LogP contribution in [0.1, 0.15) is 12.5 Å². The van der Waals surface area contributed by atoms with Gasteiger partial charge in [0, 0.05) is 18.1 Å². The third-order valence-corrected chi connectivity index (χ3v) is 2.58. The highest BCUT2D eigenvalue weighted by atomic mass is 79.9. The number of ether oxygens (including phenoxy) is 1. The van der Waals surface area contributed by atoms with Gasteiger partial charge in [-0.25, -0.2) is 0 Å². The fourth-order valence-corrected chi connectivity index (χ4v) is 1.46. The number of nitriles is 1. The van der Waals surface area contributed by atoms with E-state index < -0.39 is 0 Å². The molecule has 0 aliphatic carbocycles. The van der Waals surface area contributed by atoms with Gasteiger partial charge >= 0.3 is 0 Å². The molecular weight excluding hydrogens is 256 g/mol. The fraction of sp³-hybridized carbons (Fsp3) is 0.364. The number of benzene rings is 1. The van der Waals surface area contributed by atoms with Crippen molar-refractivity contribution in [3.63, 3.8) is 0 Å². The molecule has 0 aromatic heterocycles. The van der Waals surface area contributed by atoms with Gasteiger partial charge in [-0.1, -0.05) is 15.9 Å². The summed E-state index contributed by atoms with van der Waals surface area (Å²) in [6.45, 7) is 2.65. The van der Waals surface area contributed by atoms with Crippen molar-refractivity contribution < 1.29 is 4.74 Å². The number of anilines is 1. The highest BCUT2D eigenvalue weighted by Crippen LogP contribution is 2.20. The Hall–Kier alpha value is -1.05. The van der Waals surface area contributed by atoms with Gasteiger partial charge in [0.15, 0.2) is 0 Å². The highest BCUT2D eigenvalue weighted by molar-refractivity contribution is 9.10. The number of methoxy groups -OCH3 is 1. The van der Waals surface area contributed by atoms with Crippen molar-refractivity contribution in [3.8, 4) is 6.07 Å². The minimum absolute atomic E-state index is 0.121. The van der Waals surface area contributed by atoms with Gasteiger partial charge in [0.05, 0.1) is 17.4 Å². The summed E-state index contributed by atoms with van der Waals surface area (Å²) in [7, 11) is 1.67. The molecule has 80 valence electrons. The number of halogens is 1. The van der Waals surface area contributed by atoms with E-state index in [1.807, 2.05) is 19.1 Å². The molecule has 1 N–H and O–H groups in total. The highest BCUT2D eigenvalue weighted by Gasteiger charge is 2.04. The Morgan fingerprint density at radius 2 is 2.33 bits per heavy atom. The van der Waals surface area contributed by atoms with Gasteiger partial charge in [0.1, 0.15) is 6.07 Å². The zero-order valence-corrected chi connectivity index (χ0v) is 10.3. The smallest absolute Gasteiger partial charge is 0.101 e. The summed E-state index contributed by atoms with van der Waals surface area (Å²) in [6.07, 6.45) is 0.121. The molecular formula is C11H13BrN2O. The summed E-state index contributed by atoms with van der Waals surface area (Å²) in [5.74, 6) is 0. The van der Waals surface area contributed by atoms with E-state index in [1.54, 1.807) is 13.2 Å². The minimum atomic E-state index is 0.121. The summed E-state index contributed by atoms with van der Waals surface area (Å²) in [4.78, 5) is 0. The molecule has 0 heterocycles. The molecule has 0 aliphatic rings. The maximum atomic E-state index is 8.90. The van der Waals surface area contributed by atoms with Crippen molar-refractivity contribution in [2.24, 2.45) is 0 Å². The van der Waals surface area contributed by atoms with E-state index in [2.05, 4.69) is 27.3 Å². The molecule has 0 aliphatic heterocycles. The molecule has 0 saturated carbocycles. The van der Waals surface area contributed by atoms with Gasteiger partial charge in [-0.15, -0.1) is 0 Å². The van der Waals surface area contributed by atoms with E-state index >= 15 is 0 Å². The number of hydrogen-bond acceptors (Lipinski definition) is 3. The van der Waals surface area contributed by atoms with Crippen molar-refractivity contribution in [1.82, 2.24) is 0 Å². The normalized spacial score (nSPS) is 11.9. The second kappa shape index (κ2) is 5.74. The third kappa shape index (κ3) is 3.54. The van der Waals surface area contributed by atoms with Gasteiger partial charge in [-0.3, -0.25) is 0 Å². The molecule has 0 saturated heterocycles. The van der Waals surface area contributed by atoms with Crippen molar-refractivity contribution in [2.45, 2.75) is 13.0 Å². The van der Waals surface area contributed by atoms with Gasteiger partial charge in [-0.2, -0.15) is 5.26 Å². The van der Waals surface area contributed by atoms with Crippen LogP contribution >= 0.6 is 15.9 Å². The Morgan fingerprint density at radius 3 is 2.93 bits per heavy atom. The summed E-state index contributed by atoms with van der Waals surface area (Å²) < 4.78 is 6.07. The van der Waals surface area contributed by atoms with Crippen LogP contribution in [0.15, 0.2) is 22.7 Å². The van der Waals surface area contributed by atoms with E-state index in [1.165, 1.54) is 0 Å². The Labute approximate surface area is 98.2 Å². The Morgan fingerprint density at radius 1 is 1.60 bits per heavy atom. The maximum Gasteiger partial charge on any atom is 0.101 e. The van der Waals surface area contributed by atoms with Crippen LogP contribution in [-0.4, -0.2) is 19.8 Å². The van der Waals surface area contributed by atoms with Gasteiger partial charge < -0.3 is 10.1 Å². The van der Waals surface area contributed by atoms with E-state index in [0.717, 1.165) is 10.2 Å². The molecule has 0 spiro atoms. The lowest BCUT2D eigenvalue weighted by Gasteiger charge is -2.13. The van der Waals surface area contributed by atoms with Gasteiger partial charge in [0.25, 0.3) is 0 Å². The molecule has 1 atom stereocenters. The molecule has 1 rings (SSSR count). The molecule has 0 radical (unpaired) electrons. The summed E-state index contributed by atoms with van der Waals surface area (Å²) in [5, 5.41) is 12.1. The van der Waals surface area contributed by atoms with Crippen LogP contribution in [0.3, 0.4) is 0 Å². The van der Waals surface area contributed by atoms with Crippen molar-refractivity contribution in [2.75, 3.05) is 19.0 Å². The molecule has 4 heteroatoms. The van der Waals surface area contributed by atoms with E-state index in [9.17, 15) is 0 Å². The first-order valence-corrected chi connectivity index (χ1v) is 5.43. The molecule has 1 aromatic rings. The summed E-state index contributed by atoms with van der Waals surface area (Å²) in [5.41, 5.74) is 1.47. The molecule has 1 aromatic carbocycles. The fourth-order valence-electron chi connectivity index (χ4n) is 1.10.